The second-order valence-corrected chi connectivity index (χ2v) is 14.9. The number of hydroxylamine groups is 2. The molecule has 0 unspecified atom stereocenters. The van der Waals surface area contributed by atoms with Crippen LogP contribution in [0.2, 0.25) is 18.1 Å². The van der Waals surface area contributed by atoms with E-state index in [2.05, 4.69) is 39.0 Å². The second kappa shape index (κ2) is 8.58. The van der Waals surface area contributed by atoms with Gasteiger partial charge in [0.1, 0.15) is 12.6 Å². The zero-order valence-electron chi connectivity index (χ0n) is 19.8. The molecule has 0 aliphatic carbocycles. The van der Waals surface area contributed by atoms with E-state index < -0.39 is 32.4 Å². The van der Waals surface area contributed by atoms with Crippen molar-refractivity contribution in [2.24, 2.45) is 0 Å². The third-order valence-corrected chi connectivity index (χ3v) is 11.5. The number of carbonyl (C=O) groups is 2. The highest BCUT2D eigenvalue weighted by Gasteiger charge is 2.53. The average molecular weight is 473 g/mol. The number of amides is 2. The Morgan fingerprint density at radius 3 is 2.58 bits per heavy atom. The fourth-order valence-electron chi connectivity index (χ4n) is 4.05. The molecule has 0 radical (unpaired) electrons. The van der Waals surface area contributed by atoms with E-state index in [9.17, 15) is 14.7 Å². The molecule has 1 fully saturated rings. The van der Waals surface area contributed by atoms with E-state index in [0.29, 0.717) is 24.4 Å². The van der Waals surface area contributed by atoms with E-state index in [0.717, 1.165) is 5.56 Å². The first-order valence-electron chi connectivity index (χ1n) is 11.2. The van der Waals surface area contributed by atoms with E-state index in [1.54, 1.807) is 10.9 Å². The van der Waals surface area contributed by atoms with Crippen LogP contribution >= 0.6 is 0 Å². The summed E-state index contributed by atoms with van der Waals surface area (Å²) in [4.78, 5) is 32.5. The summed E-state index contributed by atoms with van der Waals surface area (Å²) in [5.41, 5.74) is 2.16. The summed E-state index contributed by atoms with van der Waals surface area (Å²) in [7, 11) is -1.94. The van der Waals surface area contributed by atoms with E-state index in [1.165, 1.54) is 9.96 Å². The summed E-state index contributed by atoms with van der Waals surface area (Å²) in [5, 5.41) is 15.9. The maximum Gasteiger partial charge on any atom is 0.345 e. The Morgan fingerprint density at radius 2 is 1.94 bits per heavy atom. The van der Waals surface area contributed by atoms with E-state index in [1.807, 2.05) is 30.3 Å². The van der Waals surface area contributed by atoms with Crippen molar-refractivity contribution >= 4 is 20.3 Å². The Labute approximate surface area is 195 Å². The second-order valence-electron chi connectivity index (χ2n) is 10.1. The fourth-order valence-corrected chi connectivity index (χ4v) is 5.08. The molecule has 1 aromatic carbocycles. The Kier molecular flexibility index (Phi) is 6.10. The maximum absolute atomic E-state index is 13.1. The molecule has 9 nitrogen and oxygen atoms in total. The summed E-state index contributed by atoms with van der Waals surface area (Å²) in [6.07, 6.45) is 1.66. The number of urea groups is 1. The molecule has 2 aliphatic heterocycles. The standard InChI is InChI=1S/C23H32N4O5Si/c1-23(2,3)33(4,5)32-12-11-26-19-17(13-24-26)18-14-25(20(19)21(28)29)22(30)27(18)31-15-16-9-7-6-8-10-16/h6-10,13,18,20H,11-12,14-15H2,1-5H3,(H,28,29)/t18-,20-/m0/s1. The Bertz CT molecular complexity index is 1030. The van der Waals surface area contributed by atoms with E-state index in [-0.39, 0.29) is 18.2 Å². The first kappa shape index (κ1) is 23.5. The van der Waals surface area contributed by atoms with Gasteiger partial charge in [-0.15, -0.1) is 0 Å². The number of aliphatic carboxylic acids is 1. The smallest absolute Gasteiger partial charge is 0.345 e. The third kappa shape index (κ3) is 4.30. The zero-order chi connectivity index (χ0) is 24.0. The third-order valence-electron chi connectivity index (χ3n) is 6.95. The van der Waals surface area contributed by atoms with Crippen molar-refractivity contribution in [3.05, 3.63) is 53.3 Å². The molecule has 2 atom stereocenters. The van der Waals surface area contributed by atoms with Crippen LogP contribution in [0.15, 0.2) is 36.5 Å². The summed E-state index contributed by atoms with van der Waals surface area (Å²) in [5.74, 6) is -1.08. The van der Waals surface area contributed by atoms with E-state index in [4.69, 9.17) is 9.26 Å². The SMILES string of the molecule is CC(C)(C)[Si](C)(C)OCCn1ncc2c1[C@@H](C(=O)O)N1C[C@@H]2N(OCc2ccccc2)C1=O. The van der Waals surface area contributed by atoms with Crippen molar-refractivity contribution in [1.82, 2.24) is 19.7 Å². The predicted molar refractivity (Wildman–Crippen MR) is 124 cm³/mol. The summed E-state index contributed by atoms with van der Waals surface area (Å²) in [6, 6.07) is 7.60. The molecule has 1 N–H and O–H groups in total. The Balaban J connectivity index is 1.55. The largest absolute Gasteiger partial charge is 0.479 e. The van der Waals surface area contributed by atoms with Crippen molar-refractivity contribution in [3.63, 3.8) is 0 Å². The van der Waals surface area contributed by atoms with Gasteiger partial charge in [0, 0.05) is 5.56 Å². The highest BCUT2D eigenvalue weighted by atomic mass is 28.4. The molecule has 2 aromatic rings. The number of hydrogen-bond donors (Lipinski definition) is 1. The summed E-state index contributed by atoms with van der Waals surface area (Å²) < 4.78 is 7.94. The number of nitrogens with zero attached hydrogens (tertiary/aromatic N) is 4. The van der Waals surface area contributed by atoms with Crippen molar-refractivity contribution < 1.29 is 24.0 Å². The van der Waals surface area contributed by atoms with Gasteiger partial charge in [0.05, 0.1) is 31.6 Å². The molecule has 178 valence electrons. The van der Waals surface area contributed by atoms with Crippen LogP contribution in [0.3, 0.4) is 0 Å². The molecule has 0 saturated carbocycles. The molecule has 2 bridgehead atoms. The van der Waals surface area contributed by atoms with Crippen molar-refractivity contribution in [1.29, 1.82) is 0 Å². The number of carboxylic acid groups (broad SMARTS) is 1. The van der Waals surface area contributed by atoms with Gasteiger partial charge in [0.25, 0.3) is 0 Å². The number of fused-ring (bicyclic) bond motifs is 4. The molecule has 1 saturated heterocycles. The number of carboxylic acids is 1. The number of benzene rings is 1. The molecule has 10 heteroatoms. The molecule has 1 aromatic heterocycles. The lowest BCUT2D eigenvalue weighted by atomic mass is 9.98. The number of aromatic nitrogens is 2. The van der Waals surface area contributed by atoms with Gasteiger partial charge in [-0.1, -0.05) is 51.1 Å². The van der Waals surface area contributed by atoms with Gasteiger partial charge in [-0.2, -0.15) is 10.2 Å². The van der Waals surface area contributed by atoms with Crippen LogP contribution < -0.4 is 0 Å². The highest BCUT2D eigenvalue weighted by molar-refractivity contribution is 6.74. The minimum atomic E-state index is -1.94. The minimum Gasteiger partial charge on any atom is -0.479 e. The van der Waals surface area contributed by atoms with Crippen LogP contribution in [0, 0.1) is 0 Å². The van der Waals surface area contributed by atoms with Crippen LogP contribution in [0.4, 0.5) is 4.79 Å². The molecule has 2 amide bonds. The quantitative estimate of drug-likeness (QED) is 0.584. The lowest BCUT2D eigenvalue weighted by Crippen LogP contribution is -2.42. The van der Waals surface area contributed by atoms with Gasteiger partial charge in [-0.25, -0.2) is 9.59 Å². The molecule has 2 aliphatic rings. The molecule has 3 heterocycles. The minimum absolute atomic E-state index is 0.0773. The predicted octanol–water partition coefficient (Wildman–Crippen LogP) is 3.95. The lowest BCUT2D eigenvalue weighted by molar-refractivity contribution is -0.143. The number of rotatable bonds is 8. The first-order valence-corrected chi connectivity index (χ1v) is 14.1. The maximum atomic E-state index is 13.1. The zero-order valence-corrected chi connectivity index (χ0v) is 20.8. The Morgan fingerprint density at radius 1 is 1.24 bits per heavy atom. The summed E-state index contributed by atoms with van der Waals surface area (Å²) >= 11 is 0. The topological polar surface area (TPSA) is 97.1 Å². The van der Waals surface area contributed by atoms with Gasteiger partial charge in [-0.05, 0) is 23.7 Å². The van der Waals surface area contributed by atoms with Crippen LogP contribution in [0.1, 0.15) is 49.7 Å². The lowest BCUT2D eigenvalue weighted by Gasteiger charge is -2.36. The van der Waals surface area contributed by atoms with Gasteiger partial charge in [0.15, 0.2) is 14.4 Å². The van der Waals surface area contributed by atoms with Crippen molar-refractivity contribution in [2.75, 3.05) is 13.2 Å². The Hall–Kier alpha value is -2.69. The fraction of sp³-hybridized carbons (Fsp3) is 0.522. The monoisotopic (exact) mass is 472 g/mol. The van der Waals surface area contributed by atoms with Crippen LogP contribution in [-0.4, -0.2) is 58.3 Å². The molecular weight excluding hydrogens is 440 g/mol. The molecular formula is C23H32N4O5Si. The van der Waals surface area contributed by atoms with Gasteiger partial charge < -0.3 is 14.4 Å². The number of hydrogen-bond acceptors (Lipinski definition) is 5. The highest BCUT2D eigenvalue weighted by Crippen LogP contribution is 2.44. The number of carbonyl (C=O) groups excluding carboxylic acids is 1. The van der Waals surface area contributed by atoms with Gasteiger partial charge in [0.2, 0.25) is 0 Å². The normalized spacial score (nSPS) is 20.3. The van der Waals surface area contributed by atoms with E-state index >= 15 is 0 Å². The summed E-state index contributed by atoms with van der Waals surface area (Å²) in [6.45, 7) is 12.2. The van der Waals surface area contributed by atoms with Crippen molar-refractivity contribution in [3.8, 4) is 0 Å². The van der Waals surface area contributed by atoms with Crippen LogP contribution in [0.5, 0.6) is 0 Å². The van der Waals surface area contributed by atoms with Gasteiger partial charge in [-0.3, -0.25) is 9.52 Å². The first-order chi connectivity index (χ1) is 15.5. The molecule has 4 rings (SSSR count). The van der Waals surface area contributed by atoms with Crippen LogP contribution in [0.25, 0.3) is 0 Å². The average Bonchev–Trinajstić information content (AvgIpc) is 3.27. The molecule has 0 spiro atoms. The van der Waals surface area contributed by atoms with Gasteiger partial charge >= 0.3 is 12.0 Å². The van der Waals surface area contributed by atoms with Crippen molar-refractivity contribution in [2.45, 2.75) is 64.1 Å². The molecule has 33 heavy (non-hydrogen) atoms. The van der Waals surface area contributed by atoms with Crippen LogP contribution in [-0.2, 0) is 27.2 Å².